The number of carbonyl (C=O) groups is 1. The van der Waals surface area contributed by atoms with Gasteiger partial charge in [-0.15, -0.1) is 0 Å². The van der Waals surface area contributed by atoms with Crippen LogP contribution in [-0.4, -0.2) is 31.7 Å². The van der Waals surface area contributed by atoms with Crippen molar-refractivity contribution in [2.24, 2.45) is 0 Å². The molecule has 0 atom stereocenters. The van der Waals surface area contributed by atoms with Crippen molar-refractivity contribution in [2.75, 3.05) is 18.4 Å². The minimum absolute atomic E-state index is 0.166. The molecule has 3 rings (SSSR count). The molecule has 1 N–H and O–H groups in total. The van der Waals surface area contributed by atoms with Gasteiger partial charge >= 0.3 is 0 Å². The molecule has 0 spiro atoms. The summed E-state index contributed by atoms with van der Waals surface area (Å²) in [5.41, 5.74) is 1.42. The zero-order chi connectivity index (χ0) is 20.3. The highest BCUT2D eigenvalue weighted by atomic mass is 35.5. The van der Waals surface area contributed by atoms with Crippen LogP contribution in [0.25, 0.3) is 10.8 Å². The molecule has 3 aromatic rings. The number of fused-ring (bicyclic) bond motifs is 1. The third-order valence-corrected chi connectivity index (χ3v) is 6.81. The second kappa shape index (κ2) is 8.31. The minimum Gasteiger partial charge on any atom is -0.325 e. The lowest BCUT2D eigenvalue weighted by Gasteiger charge is -2.20. The predicted molar refractivity (Wildman–Crippen MR) is 113 cm³/mol. The lowest BCUT2D eigenvalue weighted by Crippen LogP contribution is -2.37. The Balaban J connectivity index is 1.80. The monoisotopic (exact) mass is 416 g/mol. The molecule has 0 radical (unpaired) electrons. The van der Waals surface area contributed by atoms with Crippen molar-refractivity contribution >= 4 is 44.0 Å². The molecular formula is C21H21ClN2O3S. The number of benzene rings is 3. The predicted octanol–water partition coefficient (Wildman–Crippen LogP) is 4.45. The van der Waals surface area contributed by atoms with Crippen LogP contribution in [0.4, 0.5) is 5.69 Å². The van der Waals surface area contributed by atoms with Crippen molar-refractivity contribution in [2.45, 2.75) is 18.7 Å². The van der Waals surface area contributed by atoms with Crippen molar-refractivity contribution in [3.8, 4) is 0 Å². The van der Waals surface area contributed by atoms with Gasteiger partial charge in [0.05, 0.1) is 11.4 Å². The molecule has 0 aromatic heterocycles. The zero-order valence-corrected chi connectivity index (χ0v) is 17.2. The van der Waals surface area contributed by atoms with Crippen molar-refractivity contribution < 1.29 is 13.2 Å². The van der Waals surface area contributed by atoms with Crippen LogP contribution in [0.3, 0.4) is 0 Å². The lowest BCUT2D eigenvalue weighted by molar-refractivity contribution is -0.116. The standard InChI is InChI=1S/C21H21ClN2O3S/c1-3-24(14-21(25)23-18-10-8-15(2)20(22)13-18)28(26,27)19-11-9-16-6-4-5-7-17(16)12-19/h4-13H,3,14H2,1-2H3,(H,23,25). The summed E-state index contributed by atoms with van der Waals surface area (Å²) < 4.78 is 27.2. The molecule has 0 saturated heterocycles. The average molecular weight is 417 g/mol. The molecule has 0 aliphatic heterocycles. The van der Waals surface area contributed by atoms with Crippen LogP contribution in [0, 0.1) is 6.92 Å². The molecule has 0 heterocycles. The number of carbonyl (C=O) groups excluding carboxylic acids is 1. The van der Waals surface area contributed by atoms with Crippen molar-refractivity contribution in [3.63, 3.8) is 0 Å². The molecule has 0 unspecified atom stereocenters. The van der Waals surface area contributed by atoms with Gasteiger partial charge in [-0.1, -0.05) is 54.9 Å². The second-order valence-electron chi connectivity index (χ2n) is 6.45. The fourth-order valence-electron chi connectivity index (χ4n) is 2.87. The molecule has 146 valence electrons. The van der Waals surface area contributed by atoms with E-state index in [-0.39, 0.29) is 18.0 Å². The summed E-state index contributed by atoms with van der Waals surface area (Å²) in [6, 6.07) is 17.7. The van der Waals surface area contributed by atoms with E-state index < -0.39 is 15.9 Å². The molecule has 0 aliphatic rings. The van der Waals surface area contributed by atoms with Crippen molar-refractivity contribution in [1.82, 2.24) is 4.31 Å². The summed E-state index contributed by atoms with van der Waals surface area (Å²) in [5, 5.41) is 5.02. The van der Waals surface area contributed by atoms with E-state index in [1.807, 2.05) is 31.2 Å². The van der Waals surface area contributed by atoms with E-state index in [2.05, 4.69) is 5.32 Å². The Bertz CT molecular complexity index is 1130. The van der Waals surface area contributed by atoms with E-state index in [9.17, 15) is 13.2 Å². The molecule has 28 heavy (non-hydrogen) atoms. The summed E-state index contributed by atoms with van der Waals surface area (Å²) >= 11 is 6.07. The first kappa shape index (κ1) is 20.3. The largest absolute Gasteiger partial charge is 0.325 e. The van der Waals surface area contributed by atoms with E-state index in [1.165, 1.54) is 0 Å². The van der Waals surface area contributed by atoms with Crippen molar-refractivity contribution in [1.29, 1.82) is 0 Å². The molecule has 5 nitrogen and oxygen atoms in total. The van der Waals surface area contributed by atoms with Gasteiger partial charge in [-0.3, -0.25) is 4.79 Å². The molecule has 7 heteroatoms. The fraction of sp³-hybridized carbons (Fsp3) is 0.190. The first-order chi connectivity index (χ1) is 13.3. The Morgan fingerprint density at radius 1 is 1.04 bits per heavy atom. The maximum absolute atomic E-state index is 13.0. The molecular weight excluding hydrogens is 396 g/mol. The Morgan fingerprint density at radius 2 is 1.75 bits per heavy atom. The summed E-state index contributed by atoms with van der Waals surface area (Å²) in [6.45, 7) is 3.46. The quantitative estimate of drug-likeness (QED) is 0.645. The van der Waals surface area contributed by atoms with Crippen LogP contribution in [0.5, 0.6) is 0 Å². The maximum Gasteiger partial charge on any atom is 0.243 e. The van der Waals surface area contributed by atoms with Crippen LogP contribution in [0.2, 0.25) is 5.02 Å². The maximum atomic E-state index is 13.0. The van der Waals surface area contributed by atoms with Gasteiger partial charge in [-0.05, 0) is 47.5 Å². The van der Waals surface area contributed by atoms with Crippen LogP contribution in [-0.2, 0) is 14.8 Å². The number of hydrogen-bond donors (Lipinski definition) is 1. The average Bonchev–Trinajstić information content (AvgIpc) is 2.68. The highest BCUT2D eigenvalue weighted by molar-refractivity contribution is 7.89. The Hall–Kier alpha value is -2.41. The Morgan fingerprint density at radius 3 is 2.43 bits per heavy atom. The van der Waals surface area contributed by atoms with Crippen LogP contribution >= 0.6 is 11.6 Å². The summed E-state index contributed by atoms with van der Waals surface area (Å²) in [7, 11) is -3.80. The smallest absolute Gasteiger partial charge is 0.243 e. The van der Waals surface area contributed by atoms with Gasteiger partial charge in [0.1, 0.15) is 0 Å². The summed E-state index contributed by atoms with van der Waals surface area (Å²) in [4.78, 5) is 12.6. The third-order valence-electron chi connectivity index (χ3n) is 4.49. The van der Waals surface area contributed by atoms with Gasteiger partial charge in [-0.2, -0.15) is 4.31 Å². The summed E-state index contributed by atoms with van der Waals surface area (Å²) in [6.07, 6.45) is 0. The van der Waals surface area contributed by atoms with Gasteiger partial charge in [0.2, 0.25) is 15.9 Å². The van der Waals surface area contributed by atoms with E-state index in [4.69, 9.17) is 11.6 Å². The van der Waals surface area contributed by atoms with E-state index >= 15 is 0 Å². The van der Waals surface area contributed by atoms with Gasteiger partial charge in [0.25, 0.3) is 0 Å². The van der Waals surface area contributed by atoms with Crippen LogP contribution < -0.4 is 5.32 Å². The molecule has 3 aromatic carbocycles. The molecule has 0 bridgehead atoms. The Kier molecular flexibility index (Phi) is 6.03. The van der Waals surface area contributed by atoms with Gasteiger partial charge < -0.3 is 5.32 Å². The minimum atomic E-state index is -3.80. The molecule has 1 amide bonds. The normalized spacial score (nSPS) is 11.7. The lowest BCUT2D eigenvalue weighted by atomic mass is 10.1. The van der Waals surface area contributed by atoms with E-state index in [0.717, 1.165) is 20.6 Å². The van der Waals surface area contributed by atoms with Gasteiger partial charge in [0.15, 0.2) is 0 Å². The topological polar surface area (TPSA) is 66.5 Å². The first-order valence-corrected chi connectivity index (χ1v) is 10.7. The van der Waals surface area contributed by atoms with Gasteiger partial charge in [0, 0.05) is 17.3 Å². The fourth-order valence-corrected chi connectivity index (χ4v) is 4.50. The highest BCUT2D eigenvalue weighted by Gasteiger charge is 2.25. The number of rotatable bonds is 6. The number of nitrogens with one attached hydrogen (secondary N) is 1. The van der Waals surface area contributed by atoms with E-state index in [0.29, 0.717) is 10.7 Å². The Labute approximate surface area is 170 Å². The highest BCUT2D eigenvalue weighted by Crippen LogP contribution is 2.23. The molecule has 0 aliphatic carbocycles. The van der Waals surface area contributed by atoms with Crippen LogP contribution in [0.15, 0.2) is 65.6 Å². The number of amides is 1. The number of hydrogen-bond acceptors (Lipinski definition) is 3. The number of anilines is 1. The third kappa shape index (κ3) is 4.35. The number of likely N-dealkylation sites (N-methyl/N-ethyl adjacent to an activating group) is 1. The summed E-state index contributed by atoms with van der Waals surface area (Å²) in [5.74, 6) is -0.425. The first-order valence-electron chi connectivity index (χ1n) is 8.86. The van der Waals surface area contributed by atoms with E-state index in [1.54, 1.807) is 43.3 Å². The molecule has 0 saturated carbocycles. The molecule has 0 fully saturated rings. The zero-order valence-electron chi connectivity index (χ0n) is 15.6. The van der Waals surface area contributed by atoms with Crippen LogP contribution in [0.1, 0.15) is 12.5 Å². The van der Waals surface area contributed by atoms with Crippen molar-refractivity contribution in [3.05, 3.63) is 71.2 Å². The number of sulfonamides is 1. The number of aryl methyl sites for hydroxylation is 1. The number of halogens is 1. The number of nitrogens with zero attached hydrogens (tertiary/aromatic N) is 1. The van der Waals surface area contributed by atoms with Gasteiger partial charge in [-0.25, -0.2) is 8.42 Å². The second-order valence-corrected chi connectivity index (χ2v) is 8.80. The SMILES string of the molecule is CCN(CC(=O)Nc1ccc(C)c(Cl)c1)S(=O)(=O)c1ccc2ccccc2c1.